The molecule has 0 atom stereocenters. The molecule has 0 N–H and O–H groups in total. The van der Waals surface area contributed by atoms with Gasteiger partial charge in [-0.2, -0.15) is 0 Å². The largest absolute Gasteiger partial charge is 0.310 e. The molecule has 0 spiro atoms. The highest BCUT2D eigenvalue weighted by molar-refractivity contribution is 7.98. The third-order valence-electron chi connectivity index (χ3n) is 9.18. The maximum Gasteiger partial charge on any atom is 0.0540 e. The van der Waals surface area contributed by atoms with Crippen LogP contribution >= 0.6 is 11.8 Å². The fourth-order valence-electron chi connectivity index (χ4n) is 6.66. The lowest BCUT2D eigenvalue weighted by molar-refractivity contribution is 1.28. The van der Waals surface area contributed by atoms with Gasteiger partial charge < -0.3 is 4.90 Å². The lowest BCUT2D eigenvalue weighted by Crippen LogP contribution is -2.11. The molecule has 0 amide bonds. The van der Waals surface area contributed by atoms with E-state index in [1.54, 1.807) is 11.8 Å². The second-order valence-electron chi connectivity index (χ2n) is 12.2. The van der Waals surface area contributed by atoms with Crippen molar-refractivity contribution in [2.24, 2.45) is 0 Å². The van der Waals surface area contributed by atoms with E-state index in [0.717, 1.165) is 17.1 Å². The van der Waals surface area contributed by atoms with Crippen LogP contribution in [0.5, 0.6) is 0 Å². The molecule has 0 unspecified atom stereocenters. The van der Waals surface area contributed by atoms with Crippen LogP contribution in [0.25, 0.3) is 55.3 Å². The first-order valence-electron chi connectivity index (χ1n) is 16.6. The van der Waals surface area contributed by atoms with Crippen molar-refractivity contribution in [1.82, 2.24) is 0 Å². The molecule has 0 fully saturated rings. The third-order valence-corrected chi connectivity index (χ3v) is 9.98. The van der Waals surface area contributed by atoms with Gasteiger partial charge in [-0.05, 0) is 105 Å². The number of benzene rings is 8. The van der Waals surface area contributed by atoms with Crippen molar-refractivity contribution in [3.05, 3.63) is 194 Å². The SMILES string of the molecule is CSc1ccccc1-c1ccc(N(c2ccc(-c3ccccc3)cc2)c2ccc(-c3ccc4ccccc4c3)cc2)c(-c2ccccc2)c1. The van der Waals surface area contributed by atoms with E-state index in [9.17, 15) is 0 Å². The van der Waals surface area contributed by atoms with Crippen molar-refractivity contribution in [2.45, 2.75) is 4.90 Å². The Morgan fingerprint density at radius 3 is 1.53 bits per heavy atom. The fourth-order valence-corrected chi connectivity index (χ4v) is 7.28. The van der Waals surface area contributed by atoms with E-state index in [-0.39, 0.29) is 0 Å². The number of hydrogen-bond donors (Lipinski definition) is 0. The summed E-state index contributed by atoms with van der Waals surface area (Å²) in [6, 6.07) is 70.1. The van der Waals surface area contributed by atoms with Gasteiger partial charge in [-0.25, -0.2) is 0 Å². The summed E-state index contributed by atoms with van der Waals surface area (Å²) in [5.41, 5.74) is 13.0. The van der Waals surface area contributed by atoms with Gasteiger partial charge in [0.05, 0.1) is 5.69 Å². The molecular weight excluding hydrogens is 611 g/mol. The molecule has 0 bridgehead atoms. The molecule has 49 heavy (non-hydrogen) atoms. The van der Waals surface area contributed by atoms with Crippen molar-refractivity contribution in [3.63, 3.8) is 0 Å². The van der Waals surface area contributed by atoms with Gasteiger partial charge in [0.2, 0.25) is 0 Å². The summed E-state index contributed by atoms with van der Waals surface area (Å²) < 4.78 is 0. The third kappa shape index (κ3) is 6.27. The van der Waals surface area contributed by atoms with E-state index in [4.69, 9.17) is 0 Å². The number of thioether (sulfide) groups is 1. The second kappa shape index (κ2) is 13.7. The lowest BCUT2D eigenvalue weighted by atomic mass is 9.95. The van der Waals surface area contributed by atoms with Crippen molar-refractivity contribution >= 4 is 39.6 Å². The van der Waals surface area contributed by atoms with Crippen molar-refractivity contribution in [2.75, 3.05) is 11.2 Å². The fraction of sp³-hybridized carbons (Fsp3) is 0.0213. The molecule has 0 aliphatic carbocycles. The summed E-state index contributed by atoms with van der Waals surface area (Å²) in [5, 5.41) is 2.50. The van der Waals surface area contributed by atoms with Crippen LogP contribution in [0.4, 0.5) is 17.1 Å². The molecule has 8 aromatic rings. The van der Waals surface area contributed by atoms with Crippen LogP contribution in [0.1, 0.15) is 0 Å². The summed E-state index contributed by atoms with van der Waals surface area (Å²) in [5.74, 6) is 0. The zero-order valence-corrected chi connectivity index (χ0v) is 28.1. The Morgan fingerprint density at radius 1 is 0.347 bits per heavy atom. The molecule has 0 aromatic heterocycles. The minimum absolute atomic E-state index is 1.10. The highest BCUT2D eigenvalue weighted by atomic mass is 32.2. The van der Waals surface area contributed by atoms with E-state index < -0.39 is 0 Å². The van der Waals surface area contributed by atoms with Gasteiger partial charge in [-0.3, -0.25) is 0 Å². The van der Waals surface area contributed by atoms with E-state index >= 15 is 0 Å². The van der Waals surface area contributed by atoms with Crippen LogP contribution in [0.15, 0.2) is 199 Å². The molecule has 0 saturated carbocycles. The van der Waals surface area contributed by atoms with Gasteiger partial charge in [-0.1, -0.05) is 146 Å². The Kier molecular flexibility index (Phi) is 8.54. The van der Waals surface area contributed by atoms with Gasteiger partial charge in [0.1, 0.15) is 0 Å². The van der Waals surface area contributed by atoms with Gasteiger partial charge in [0, 0.05) is 21.8 Å². The Morgan fingerprint density at radius 2 is 0.857 bits per heavy atom. The predicted octanol–water partition coefficient (Wildman–Crippen LogP) is 13.7. The number of hydrogen-bond acceptors (Lipinski definition) is 2. The normalized spacial score (nSPS) is 11.0. The van der Waals surface area contributed by atoms with Gasteiger partial charge in [-0.15, -0.1) is 11.8 Å². The van der Waals surface area contributed by atoms with Gasteiger partial charge in [0.15, 0.2) is 0 Å². The summed E-state index contributed by atoms with van der Waals surface area (Å²) in [4.78, 5) is 3.66. The molecule has 8 aromatic carbocycles. The predicted molar refractivity (Wildman–Crippen MR) is 212 cm³/mol. The summed E-state index contributed by atoms with van der Waals surface area (Å²) in [7, 11) is 0. The summed E-state index contributed by atoms with van der Waals surface area (Å²) >= 11 is 1.79. The summed E-state index contributed by atoms with van der Waals surface area (Å²) in [6.07, 6.45) is 2.15. The maximum atomic E-state index is 2.39. The molecule has 0 radical (unpaired) electrons. The second-order valence-corrected chi connectivity index (χ2v) is 13.0. The zero-order chi connectivity index (χ0) is 33.0. The maximum absolute atomic E-state index is 2.39. The lowest BCUT2D eigenvalue weighted by Gasteiger charge is -2.29. The average molecular weight is 646 g/mol. The highest BCUT2D eigenvalue weighted by Gasteiger charge is 2.19. The first-order chi connectivity index (χ1) is 24.2. The molecule has 1 nitrogen and oxygen atoms in total. The topological polar surface area (TPSA) is 3.24 Å². The van der Waals surface area contributed by atoms with Crippen LogP contribution in [0.3, 0.4) is 0 Å². The van der Waals surface area contributed by atoms with Crippen LogP contribution in [0.2, 0.25) is 0 Å². The first kappa shape index (κ1) is 30.5. The monoisotopic (exact) mass is 645 g/mol. The van der Waals surface area contributed by atoms with Crippen LogP contribution < -0.4 is 4.90 Å². The smallest absolute Gasteiger partial charge is 0.0540 e. The van der Waals surface area contributed by atoms with E-state index in [0.29, 0.717) is 0 Å². The van der Waals surface area contributed by atoms with Gasteiger partial charge in [0.25, 0.3) is 0 Å². The zero-order valence-electron chi connectivity index (χ0n) is 27.3. The highest BCUT2D eigenvalue weighted by Crippen LogP contribution is 2.44. The number of anilines is 3. The quantitative estimate of drug-likeness (QED) is 0.151. The minimum atomic E-state index is 1.10. The Hall–Kier alpha value is -5.83. The summed E-state index contributed by atoms with van der Waals surface area (Å²) in [6.45, 7) is 0. The average Bonchev–Trinajstić information content (AvgIpc) is 3.19. The van der Waals surface area contributed by atoms with Crippen molar-refractivity contribution < 1.29 is 0 Å². The molecule has 8 rings (SSSR count). The van der Waals surface area contributed by atoms with Crippen molar-refractivity contribution in [1.29, 1.82) is 0 Å². The van der Waals surface area contributed by atoms with E-state index in [1.807, 2.05) is 0 Å². The first-order valence-corrected chi connectivity index (χ1v) is 17.9. The number of nitrogens with zero attached hydrogens (tertiary/aromatic N) is 1. The van der Waals surface area contributed by atoms with Crippen LogP contribution in [-0.4, -0.2) is 6.26 Å². The Bertz CT molecular complexity index is 2340. The molecule has 0 saturated heterocycles. The van der Waals surface area contributed by atoms with Crippen molar-refractivity contribution in [3.8, 4) is 44.5 Å². The molecular formula is C47H35NS. The minimum Gasteiger partial charge on any atom is -0.310 e. The Balaban J connectivity index is 1.28. The molecule has 0 aliphatic rings. The molecule has 0 heterocycles. The van der Waals surface area contributed by atoms with E-state index in [1.165, 1.54) is 60.2 Å². The van der Waals surface area contributed by atoms with Gasteiger partial charge >= 0.3 is 0 Å². The Labute approximate surface area is 293 Å². The van der Waals surface area contributed by atoms with E-state index in [2.05, 4.69) is 205 Å². The molecule has 2 heteroatoms. The number of rotatable bonds is 8. The molecule has 0 aliphatic heterocycles. The van der Waals surface area contributed by atoms with Crippen LogP contribution in [-0.2, 0) is 0 Å². The molecule has 234 valence electrons. The number of fused-ring (bicyclic) bond motifs is 1. The van der Waals surface area contributed by atoms with Crippen LogP contribution in [0, 0.1) is 0 Å². The standard InChI is InChI=1S/C47H35NS/c1-49-47-19-11-10-18-44(47)41-26-31-46(45(33-41)38-15-6-3-7-16-38)48(42-27-22-36(23-28-42)34-12-4-2-5-13-34)43-29-24-37(25-30-43)40-21-20-35-14-8-9-17-39(35)32-40/h2-33H,1H3.